The Hall–Kier alpha value is -2.70. The predicted octanol–water partition coefficient (Wildman–Crippen LogP) is 3.50. The monoisotopic (exact) mass is 378 g/mol. The van der Waals surface area contributed by atoms with Gasteiger partial charge in [0.2, 0.25) is 0 Å². The van der Waals surface area contributed by atoms with E-state index in [4.69, 9.17) is 0 Å². The molecule has 4 rings (SSSR count). The third-order valence-corrected chi connectivity index (χ3v) is 5.51. The first kappa shape index (κ1) is 18.7. The average molecular weight is 378 g/mol. The highest BCUT2D eigenvalue weighted by atomic mass is 16.3. The number of aryl methyl sites for hydroxylation is 1. The van der Waals surface area contributed by atoms with E-state index < -0.39 is 6.10 Å². The summed E-state index contributed by atoms with van der Waals surface area (Å²) >= 11 is 0. The summed E-state index contributed by atoms with van der Waals surface area (Å²) in [7, 11) is 0. The van der Waals surface area contributed by atoms with Gasteiger partial charge < -0.3 is 20.7 Å². The van der Waals surface area contributed by atoms with Crippen LogP contribution in [0.3, 0.4) is 0 Å². The lowest BCUT2D eigenvalue weighted by Crippen LogP contribution is -2.26. The van der Waals surface area contributed by atoms with Gasteiger partial charge in [0.05, 0.1) is 17.2 Å². The maximum Gasteiger partial charge on any atom is 0.259 e. The molecule has 146 valence electrons. The lowest BCUT2D eigenvalue weighted by molar-refractivity contribution is 0.194. The molecule has 3 heterocycles. The van der Waals surface area contributed by atoms with E-state index in [0.717, 1.165) is 37.0 Å². The first-order chi connectivity index (χ1) is 13.5. The van der Waals surface area contributed by atoms with Crippen LogP contribution >= 0.6 is 0 Å². The Bertz CT molecular complexity index is 1050. The molecule has 6 heteroatoms. The summed E-state index contributed by atoms with van der Waals surface area (Å²) in [4.78, 5) is 19.6. The number of aromatic nitrogens is 2. The van der Waals surface area contributed by atoms with E-state index in [1.807, 2.05) is 12.1 Å². The number of piperidine rings is 1. The average Bonchev–Trinajstić information content (AvgIpc) is 2.68. The van der Waals surface area contributed by atoms with Crippen LogP contribution in [0.15, 0.2) is 41.3 Å². The van der Waals surface area contributed by atoms with Crippen molar-refractivity contribution in [2.75, 3.05) is 18.4 Å². The zero-order chi connectivity index (χ0) is 19.7. The molecule has 1 saturated heterocycles. The number of hydrogen-bond donors (Lipinski definition) is 4. The molecule has 0 aliphatic carbocycles. The number of aliphatic hydroxyl groups is 1. The number of benzene rings is 1. The fourth-order valence-corrected chi connectivity index (χ4v) is 4.02. The maximum absolute atomic E-state index is 12.4. The van der Waals surface area contributed by atoms with Crippen LogP contribution < -0.4 is 16.2 Å². The Morgan fingerprint density at radius 3 is 2.71 bits per heavy atom. The molecule has 1 unspecified atom stereocenters. The van der Waals surface area contributed by atoms with Crippen molar-refractivity contribution in [1.82, 2.24) is 15.3 Å². The Kier molecular flexibility index (Phi) is 5.15. The Morgan fingerprint density at radius 1 is 1.21 bits per heavy atom. The Balaban J connectivity index is 1.71. The van der Waals surface area contributed by atoms with Gasteiger partial charge in [-0.3, -0.25) is 4.79 Å². The SMILES string of the molecule is Cc1cc(Nc2nc(C(C)O)cc3cc[nH]c(=O)c23)ccc1C1CCNCC1. The van der Waals surface area contributed by atoms with E-state index in [1.165, 1.54) is 11.1 Å². The maximum atomic E-state index is 12.4. The van der Waals surface area contributed by atoms with Crippen molar-refractivity contribution in [3.8, 4) is 0 Å². The highest BCUT2D eigenvalue weighted by Crippen LogP contribution is 2.31. The fraction of sp³-hybridized carbons (Fsp3) is 0.364. The van der Waals surface area contributed by atoms with E-state index in [9.17, 15) is 9.90 Å². The number of H-pyrrole nitrogens is 1. The van der Waals surface area contributed by atoms with Gasteiger partial charge in [0.15, 0.2) is 0 Å². The first-order valence-corrected chi connectivity index (χ1v) is 9.81. The largest absolute Gasteiger partial charge is 0.387 e. The number of hydrogen-bond acceptors (Lipinski definition) is 5. The number of rotatable bonds is 4. The summed E-state index contributed by atoms with van der Waals surface area (Å²) in [6, 6.07) is 9.91. The van der Waals surface area contributed by atoms with Gasteiger partial charge in [0, 0.05) is 11.9 Å². The molecule has 1 atom stereocenters. The second kappa shape index (κ2) is 7.73. The van der Waals surface area contributed by atoms with Gasteiger partial charge in [-0.15, -0.1) is 0 Å². The molecule has 1 aromatic carbocycles. The molecule has 0 spiro atoms. The van der Waals surface area contributed by atoms with Gasteiger partial charge >= 0.3 is 0 Å². The van der Waals surface area contributed by atoms with E-state index >= 15 is 0 Å². The van der Waals surface area contributed by atoms with Crippen molar-refractivity contribution in [3.05, 3.63) is 63.7 Å². The summed E-state index contributed by atoms with van der Waals surface area (Å²) in [6.07, 6.45) is 3.21. The molecule has 1 aliphatic rings. The minimum atomic E-state index is -0.715. The summed E-state index contributed by atoms with van der Waals surface area (Å²) in [5.74, 6) is 1.06. The third-order valence-electron chi connectivity index (χ3n) is 5.51. The first-order valence-electron chi connectivity index (χ1n) is 9.81. The van der Waals surface area contributed by atoms with Crippen LogP contribution in [0.25, 0.3) is 10.8 Å². The van der Waals surface area contributed by atoms with Crippen molar-refractivity contribution in [2.45, 2.75) is 38.7 Å². The minimum Gasteiger partial charge on any atom is -0.387 e. The normalized spacial score (nSPS) is 16.2. The zero-order valence-electron chi connectivity index (χ0n) is 16.2. The number of pyridine rings is 2. The van der Waals surface area contributed by atoms with Gasteiger partial charge in [0.25, 0.3) is 5.56 Å². The van der Waals surface area contributed by atoms with E-state index in [-0.39, 0.29) is 5.56 Å². The van der Waals surface area contributed by atoms with Crippen LogP contribution in [0.4, 0.5) is 11.5 Å². The standard InChI is InChI=1S/C22H26N4O2/c1-13-11-17(3-4-18(13)15-5-8-23-9-6-15)25-21-20-16(7-10-24-22(20)28)12-19(26-21)14(2)27/h3-4,7,10-12,14-15,23,27H,5-6,8-9H2,1-2H3,(H,24,28)(H,25,26). The molecule has 0 amide bonds. The smallest absolute Gasteiger partial charge is 0.259 e. The number of anilines is 2. The lowest BCUT2D eigenvalue weighted by Gasteiger charge is -2.25. The molecule has 3 aromatic rings. The second-order valence-electron chi connectivity index (χ2n) is 7.56. The highest BCUT2D eigenvalue weighted by molar-refractivity contribution is 5.92. The molecule has 0 radical (unpaired) electrons. The summed E-state index contributed by atoms with van der Waals surface area (Å²) < 4.78 is 0. The predicted molar refractivity (Wildman–Crippen MR) is 112 cm³/mol. The van der Waals surface area contributed by atoms with Crippen molar-refractivity contribution in [3.63, 3.8) is 0 Å². The molecular weight excluding hydrogens is 352 g/mol. The topological polar surface area (TPSA) is 90.0 Å². The molecule has 4 N–H and O–H groups in total. The number of nitrogens with one attached hydrogen (secondary N) is 3. The van der Waals surface area contributed by atoms with Crippen LogP contribution in [0.1, 0.15) is 48.6 Å². The number of nitrogens with zero attached hydrogens (tertiary/aromatic N) is 1. The fourth-order valence-electron chi connectivity index (χ4n) is 4.02. The summed E-state index contributed by atoms with van der Waals surface area (Å²) in [5.41, 5.74) is 3.84. The molecule has 28 heavy (non-hydrogen) atoms. The van der Waals surface area contributed by atoms with Gasteiger partial charge in [-0.1, -0.05) is 6.07 Å². The van der Waals surface area contributed by atoms with E-state index in [1.54, 1.807) is 19.2 Å². The Labute approximate surface area is 164 Å². The quantitative estimate of drug-likeness (QED) is 0.558. The van der Waals surface area contributed by atoms with Crippen LogP contribution in [0.2, 0.25) is 0 Å². The molecular formula is C22H26N4O2. The summed E-state index contributed by atoms with van der Waals surface area (Å²) in [5, 5.41) is 17.9. The molecule has 0 bridgehead atoms. The van der Waals surface area contributed by atoms with Gasteiger partial charge in [-0.25, -0.2) is 4.98 Å². The summed E-state index contributed by atoms with van der Waals surface area (Å²) in [6.45, 7) is 5.93. The van der Waals surface area contributed by atoms with Gasteiger partial charge in [-0.05, 0) is 86.5 Å². The zero-order valence-corrected chi connectivity index (χ0v) is 16.2. The highest BCUT2D eigenvalue weighted by Gasteiger charge is 2.18. The van der Waals surface area contributed by atoms with E-state index in [2.05, 4.69) is 39.7 Å². The molecule has 2 aromatic heterocycles. The second-order valence-corrected chi connectivity index (χ2v) is 7.56. The van der Waals surface area contributed by atoms with Crippen LogP contribution in [0.5, 0.6) is 0 Å². The minimum absolute atomic E-state index is 0.201. The van der Waals surface area contributed by atoms with E-state index in [0.29, 0.717) is 22.8 Å². The molecule has 0 saturated carbocycles. The molecule has 1 fully saturated rings. The van der Waals surface area contributed by atoms with Gasteiger partial charge in [-0.2, -0.15) is 0 Å². The number of aliphatic hydroxyl groups excluding tert-OH is 1. The van der Waals surface area contributed by atoms with Crippen molar-refractivity contribution in [1.29, 1.82) is 0 Å². The third kappa shape index (κ3) is 3.66. The number of fused-ring (bicyclic) bond motifs is 1. The van der Waals surface area contributed by atoms with Crippen LogP contribution in [-0.4, -0.2) is 28.2 Å². The van der Waals surface area contributed by atoms with Crippen LogP contribution in [-0.2, 0) is 0 Å². The molecule has 1 aliphatic heterocycles. The molecule has 6 nitrogen and oxygen atoms in total. The number of aromatic amines is 1. The van der Waals surface area contributed by atoms with Crippen molar-refractivity contribution in [2.24, 2.45) is 0 Å². The Morgan fingerprint density at radius 2 is 2.00 bits per heavy atom. The lowest BCUT2D eigenvalue weighted by atomic mass is 9.87. The van der Waals surface area contributed by atoms with Crippen LogP contribution in [0, 0.1) is 6.92 Å². The van der Waals surface area contributed by atoms with Crippen molar-refractivity contribution < 1.29 is 5.11 Å². The van der Waals surface area contributed by atoms with Crippen molar-refractivity contribution >= 4 is 22.3 Å². The van der Waals surface area contributed by atoms with Gasteiger partial charge in [0.1, 0.15) is 5.82 Å².